The van der Waals surface area contributed by atoms with Crippen LogP contribution in [-0.4, -0.2) is 39.1 Å². The minimum atomic E-state index is -0.714. The fourth-order valence-electron chi connectivity index (χ4n) is 3.11. The van der Waals surface area contributed by atoms with Crippen molar-refractivity contribution >= 4 is 23.3 Å². The highest BCUT2D eigenvalue weighted by Gasteiger charge is 2.55. The number of carbonyl (C=O) groups excluding carboxylic acids is 2. The van der Waals surface area contributed by atoms with Gasteiger partial charge in [-0.15, -0.1) is 11.3 Å². The van der Waals surface area contributed by atoms with E-state index in [1.54, 1.807) is 11.3 Å². The molecule has 0 aromatic carbocycles. The van der Waals surface area contributed by atoms with Gasteiger partial charge in [-0.25, -0.2) is 4.79 Å². The third-order valence-electron chi connectivity index (χ3n) is 4.68. The van der Waals surface area contributed by atoms with Crippen molar-refractivity contribution in [3.05, 3.63) is 23.4 Å². The van der Waals surface area contributed by atoms with Gasteiger partial charge in [-0.1, -0.05) is 11.2 Å². The Balaban J connectivity index is 1.34. The zero-order valence-electron chi connectivity index (χ0n) is 13.3. The van der Waals surface area contributed by atoms with Gasteiger partial charge in [-0.05, 0) is 43.6 Å². The average molecular weight is 346 g/mol. The predicted molar refractivity (Wildman–Crippen MR) is 87.3 cm³/mol. The number of nitrogens with zero attached hydrogens (tertiary/aromatic N) is 3. The molecule has 126 valence electrons. The van der Waals surface area contributed by atoms with E-state index in [2.05, 4.69) is 15.5 Å². The Morgan fingerprint density at radius 1 is 1.46 bits per heavy atom. The number of hydrogen-bond donors (Lipinski definition) is 1. The van der Waals surface area contributed by atoms with Crippen LogP contribution in [0.4, 0.5) is 4.79 Å². The van der Waals surface area contributed by atoms with Crippen molar-refractivity contribution < 1.29 is 14.1 Å². The van der Waals surface area contributed by atoms with Crippen LogP contribution in [0.15, 0.2) is 22.0 Å². The maximum absolute atomic E-state index is 12.5. The Labute approximate surface area is 143 Å². The smallest absolute Gasteiger partial charge is 0.325 e. The van der Waals surface area contributed by atoms with Crippen LogP contribution >= 0.6 is 11.3 Å². The molecule has 24 heavy (non-hydrogen) atoms. The first kappa shape index (κ1) is 15.3. The number of carbonyl (C=O) groups is 2. The molecule has 1 saturated heterocycles. The van der Waals surface area contributed by atoms with Gasteiger partial charge in [0, 0.05) is 13.0 Å². The summed E-state index contributed by atoms with van der Waals surface area (Å²) in [6.07, 6.45) is 3.15. The number of rotatable bonds is 6. The summed E-state index contributed by atoms with van der Waals surface area (Å²) in [6, 6.07) is 3.58. The van der Waals surface area contributed by atoms with Crippen LogP contribution in [-0.2, 0) is 11.2 Å². The van der Waals surface area contributed by atoms with Gasteiger partial charge in [-0.3, -0.25) is 9.69 Å². The summed E-state index contributed by atoms with van der Waals surface area (Å²) in [5.74, 6) is 1.27. The summed E-state index contributed by atoms with van der Waals surface area (Å²) >= 11 is 1.55. The van der Waals surface area contributed by atoms with Crippen LogP contribution in [0.3, 0.4) is 0 Å². The van der Waals surface area contributed by atoms with Crippen LogP contribution in [0.1, 0.15) is 32.1 Å². The third-order valence-corrected chi connectivity index (χ3v) is 5.54. The molecule has 1 aliphatic carbocycles. The normalized spacial score (nSPS) is 23.8. The molecule has 1 N–H and O–H groups in total. The molecule has 2 aliphatic rings. The Bertz CT molecular complexity index is 768. The molecule has 7 nitrogen and oxygen atoms in total. The van der Waals surface area contributed by atoms with E-state index in [-0.39, 0.29) is 17.9 Å². The van der Waals surface area contributed by atoms with E-state index < -0.39 is 5.54 Å². The second kappa shape index (κ2) is 5.70. The molecule has 1 saturated carbocycles. The molecule has 2 aromatic rings. The van der Waals surface area contributed by atoms with Crippen molar-refractivity contribution in [3.8, 4) is 10.7 Å². The number of imide groups is 1. The minimum Gasteiger partial charge on any atom is -0.339 e. The third kappa shape index (κ3) is 2.60. The molecule has 3 amide bonds. The van der Waals surface area contributed by atoms with Gasteiger partial charge in [0.1, 0.15) is 5.54 Å². The van der Waals surface area contributed by atoms with Crippen molar-refractivity contribution in [1.29, 1.82) is 0 Å². The Kier molecular flexibility index (Phi) is 3.64. The summed E-state index contributed by atoms with van der Waals surface area (Å²) in [4.78, 5) is 31.2. The van der Waals surface area contributed by atoms with Gasteiger partial charge in [0.05, 0.1) is 4.88 Å². The number of nitrogens with one attached hydrogen (secondary N) is 1. The molecule has 0 spiro atoms. The monoisotopic (exact) mass is 346 g/mol. The lowest BCUT2D eigenvalue weighted by molar-refractivity contribution is -0.131. The summed E-state index contributed by atoms with van der Waals surface area (Å²) in [7, 11) is 0. The predicted octanol–water partition coefficient (Wildman–Crippen LogP) is 2.45. The van der Waals surface area contributed by atoms with Crippen molar-refractivity contribution in [1.82, 2.24) is 20.4 Å². The molecule has 0 radical (unpaired) electrons. The molecule has 2 aromatic heterocycles. The van der Waals surface area contributed by atoms with Gasteiger partial charge >= 0.3 is 6.03 Å². The number of amides is 3. The number of thiophene rings is 1. The zero-order valence-corrected chi connectivity index (χ0v) is 14.1. The van der Waals surface area contributed by atoms with E-state index in [1.807, 2.05) is 24.4 Å². The first-order valence-corrected chi connectivity index (χ1v) is 8.96. The molecular weight excluding hydrogens is 328 g/mol. The van der Waals surface area contributed by atoms with Crippen LogP contribution in [0.5, 0.6) is 0 Å². The van der Waals surface area contributed by atoms with Crippen molar-refractivity contribution in [2.24, 2.45) is 5.92 Å². The number of aryl methyl sites for hydroxylation is 1. The number of urea groups is 1. The maximum atomic E-state index is 12.5. The van der Waals surface area contributed by atoms with Gasteiger partial charge < -0.3 is 9.84 Å². The molecule has 3 heterocycles. The van der Waals surface area contributed by atoms with Crippen LogP contribution in [0.2, 0.25) is 0 Å². The van der Waals surface area contributed by atoms with Gasteiger partial charge in [0.15, 0.2) is 0 Å². The van der Waals surface area contributed by atoms with Crippen LogP contribution in [0.25, 0.3) is 10.7 Å². The summed E-state index contributed by atoms with van der Waals surface area (Å²) < 4.78 is 5.24. The highest BCUT2D eigenvalue weighted by Crippen LogP contribution is 2.42. The van der Waals surface area contributed by atoms with E-state index in [9.17, 15) is 9.59 Å². The maximum Gasteiger partial charge on any atom is 0.325 e. The molecule has 8 heteroatoms. The fourth-order valence-corrected chi connectivity index (χ4v) is 3.76. The Morgan fingerprint density at radius 3 is 3.00 bits per heavy atom. The molecule has 2 fully saturated rings. The fraction of sp³-hybridized carbons (Fsp3) is 0.500. The minimum absolute atomic E-state index is 0.111. The highest BCUT2D eigenvalue weighted by molar-refractivity contribution is 7.13. The van der Waals surface area contributed by atoms with Crippen molar-refractivity contribution in [2.75, 3.05) is 6.54 Å². The van der Waals surface area contributed by atoms with Crippen molar-refractivity contribution in [2.45, 2.75) is 38.1 Å². The topological polar surface area (TPSA) is 88.3 Å². The summed E-state index contributed by atoms with van der Waals surface area (Å²) in [5.41, 5.74) is -0.714. The van der Waals surface area contributed by atoms with E-state index in [0.29, 0.717) is 31.1 Å². The highest BCUT2D eigenvalue weighted by atomic mass is 32.1. The van der Waals surface area contributed by atoms with E-state index in [0.717, 1.165) is 17.7 Å². The molecule has 4 rings (SSSR count). The van der Waals surface area contributed by atoms with E-state index >= 15 is 0 Å². The molecule has 0 unspecified atom stereocenters. The Morgan fingerprint density at radius 2 is 2.29 bits per heavy atom. The van der Waals surface area contributed by atoms with Gasteiger partial charge in [-0.2, -0.15) is 4.98 Å². The number of aromatic nitrogens is 2. The van der Waals surface area contributed by atoms with Crippen LogP contribution in [0, 0.1) is 5.92 Å². The lowest BCUT2D eigenvalue weighted by Gasteiger charge is -2.20. The lowest BCUT2D eigenvalue weighted by atomic mass is 9.96. The quantitative estimate of drug-likeness (QED) is 0.812. The van der Waals surface area contributed by atoms with E-state index in [1.165, 1.54) is 4.90 Å². The van der Waals surface area contributed by atoms with Crippen molar-refractivity contribution in [3.63, 3.8) is 0 Å². The lowest BCUT2D eigenvalue weighted by Crippen LogP contribution is -2.46. The summed E-state index contributed by atoms with van der Waals surface area (Å²) in [6.45, 7) is 2.19. The summed E-state index contributed by atoms with van der Waals surface area (Å²) in [5, 5.41) is 8.77. The number of hydrogen-bond acceptors (Lipinski definition) is 6. The standard InChI is InChI=1S/C16H18N4O3S/c1-16(10-6-7-10)14(21)20(15(22)18-16)8-2-5-12-17-13(19-23-12)11-4-3-9-24-11/h3-4,9-10H,2,5-8H2,1H3,(H,18,22)/t16-/m1/s1. The first-order chi connectivity index (χ1) is 11.6. The van der Waals surface area contributed by atoms with Gasteiger partial charge in [0.25, 0.3) is 5.91 Å². The van der Waals surface area contributed by atoms with Gasteiger partial charge in [0.2, 0.25) is 11.7 Å². The first-order valence-electron chi connectivity index (χ1n) is 8.08. The SMILES string of the molecule is C[C@]1(C2CC2)NC(=O)N(CCCc2nc(-c3cccs3)no2)C1=O. The second-order valence-electron chi connectivity index (χ2n) is 6.46. The van der Waals surface area contributed by atoms with Crippen LogP contribution < -0.4 is 5.32 Å². The molecular formula is C16H18N4O3S. The average Bonchev–Trinajstić information content (AvgIpc) is 3.01. The molecule has 0 bridgehead atoms. The van der Waals surface area contributed by atoms with E-state index in [4.69, 9.17) is 4.52 Å². The molecule has 1 aliphatic heterocycles. The largest absolute Gasteiger partial charge is 0.339 e. The second-order valence-corrected chi connectivity index (χ2v) is 7.40. The molecule has 1 atom stereocenters. The zero-order chi connectivity index (χ0) is 16.7. The Hall–Kier alpha value is -2.22.